The first-order chi connectivity index (χ1) is 7.16. The molecule has 5 heteroatoms. The van der Waals surface area contributed by atoms with Crippen LogP contribution in [0.3, 0.4) is 0 Å². The van der Waals surface area contributed by atoms with Crippen molar-refractivity contribution in [3.05, 3.63) is 29.6 Å². The molecule has 1 aromatic rings. The van der Waals surface area contributed by atoms with Crippen molar-refractivity contribution in [1.29, 1.82) is 0 Å². The van der Waals surface area contributed by atoms with E-state index in [1.54, 1.807) is 0 Å². The molecule has 4 nitrogen and oxygen atoms in total. The average molecular weight is 211 g/mol. The van der Waals surface area contributed by atoms with Crippen molar-refractivity contribution in [2.24, 2.45) is 0 Å². The van der Waals surface area contributed by atoms with Crippen LogP contribution in [-0.2, 0) is 9.47 Å². The van der Waals surface area contributed by atoms with Gasteiger partial charge in [0.15, 0.2) is 0 Å². The Balaban J connectivity index is 2.07. The molecule has 2 rings (SSSR count). The zero-order valence-electron chi connectivity index (χ0n) is 7.90. The number of hydrogen-bond acceptors (Lipinski definition) is 4. The van der Waals surface area contributed by atoms with E-state index in [1.807, 2.05) is 0 Å². The Hall–Kier alpha value is -1.62. The van der Waals surface area contributed by atoms with Crippen LogP contribution in [0, 0.1) is 5.82 Å². The van der Waals surface area contributed by atoms with Crippen molar-refractivity contribution in [1.82, 2.24) is 0 Å². The Morgan fingerprint density at radius 1 is 1.53 bits per heavy atom. The number of anilines is 1. The third-order valence-electron chi connectivity index (χ3n) is 2.12. The van der Waals surface area contributed by atoms with Gasteiger partial charge in [0.2, 0.25) is 0 Å². The first-order valence-electron chi connectivity index (χ1n) is 4.50. The number of benzene rings is 1. The fraction of sp³-hybridized carbons (Fsp3) is 0.300. The number of hydrogen-bond donors (Lipinski definition) is 1. The highest BCUT2D eigenvalue weighted by Crippen LogP contribution is 2.15. The van der Waals surface area contributed by atoms with Crippen molar-refractivity contribution >= 4 is 11.7 Å². The van der Waals surface area contributed by atoms with E-state index in [1.165, 1.54) is 12.1 Å². The van der Waals surface area contributed by atoms with E-state index in [0.717, 1.165) is 6.07 Å². The van der Waals surface area contributed by atoms with E-state index in [4.69, 9.17) is 15.2 Å². The summed E-state index contributed by atoms with van der Waals surface area (Å²) in [4.78, 5) is 11.4. The molecule has 0 aliphatic carbocycles. The largest absolute Gasteiger partial charge is 0.454 e. The smallest absolute Gasteiger partial charge is 0.338 e. The van der Waals surface area contributed by atoms with E-state index in [-0.39, 0.29) is 17.4 Å². The van der Waals surface area contributed by atoms with Crippen LogP contribution in [-0.4, -0.2) is 25.3 Å². The minimum atomic E-state index is -0.616. The molecule has 15 heavy (non-hydrogen) atoms. The van der Waals surface area contributed by atoms with E-state index in [9.17, 15) is 9.18 Å². The third kappa shape index (κ3) is 2.07. The van der Waals surface area contributed by atoms with Crippen molar-refractivity contribution in [3.63, 3.8) is 0 Å². The van der Waals surface area contributed by atoms with Crippen LogP contribution in [0.5, 0.6) is 0 Å². The summed E-state index contributed by atoms with van der Waals surface area (Å²) in [5.74, 6) is -1.17. The van der Waals surface area contributed by atoms with Crippen LogP contribution in [0.2, 0.25) is 0 Å². The molecule has 1 saturated heterocycles. The summed E-state index contributed by atoms with van der Waals surface area (Å²) in [5, 5.41) is 0. The topological polar surface area (TPSA) is 61.6 Å². The van der Waals surface area contributed by atoms with Crippen molar-refractivity contribution in [3.8, 4) is 0 Å². The summed E-state index contributed by atoms with van der Waals surface area (Å²) in [6.07, 6.45) is -0.210. The molecule has 2 N–H and O–H groups in total. The van der Waals surface area contributed by atoms with Gasteiger partial charge in [0.1, 0.15) is 11.9 Å². The number of carbonyl (C=O) groups is 1. The van der Waals surface area contributed by atoms with Crippen LogP contribution < -0.4 is 5.73 Å². The monoisotopic (exact) mass is 211 g/mol. The maximum absolute atomic E-state index is 13.0. The molecular weight excluding hydrogens is 201 g/mol. The molecule has 0 radical (unpaired) electrons. The fourth-order valence-electron chi connectivity index (χ4n) is 1.16. The van der Waals surface area contributed by atoms with Gasteiger partial charge in [-0.05, 0) is 18.2 Å². The zero-order valence-corrected chi connectivity index (χ0v) is 7.90. The molecule has 1 aliphatic heterocycles. The van der Waals surface area contributed by atoms with Crippen molar-refractivity contribution < 1.29 is 18.7 Å². The summed E-state index contributed by atoms with van der Waals surface area (Å²) in [5.41, 5.74) is 5.45. The second kappa shape index (κ2) is 3.86. The third-order valence-corrected chi connectivity index (χ3v) is 2.12. The summed E-state index contributed by atoms with van der Waals surface area (Å²) in [6.45, 7) is 0.812. The molecule has 1 heterocycles. The molecule has 0 atom stereocenters. The van der Waals surface area contributed by atoms with Gasteiger partial charge in [0, 0.05) is 0 Å². The Bertz CT molecular complexity index is 390. The summed E-state index contributed by atoms with van der Waals surface area (Å²) < 4.78 is 22.9. The van der Waals surface area contributed by atoms with E-state index in [0.29, 0.717) is 13.2 Å². The molecule has 1 aliphatic rings. The summed E-state index contributed by atoms with van der Waals surface area (Å²) in [6, 6.07) is 3.83. The van der Waals surface area contributed by atoms with Crippen molar-refractivity contribution in [2.45, 2.75) is 6.10 Å². The summed E-state index contributed by atoms with van der Waals surface area (Å²) >= 11 is 0. The number of rotatable bonds is 2. The highest BCUT2D eigenvalue weighted by Gasteiger charge is 2.23. The molecule has 0 bridgehead atoms. The first kappa shape index (κ1) is 9.92. The van der Waals surface area contributed by atoms with E-state index < -0.39 is 11.8 Å². The second-order valence-corrected chi connectivity index (χ2v) is 3.30. The molecular formula is C10H10FNO3. The van der Waals surface area contributed by atoms with Gasteiger partial charge in [-0.15, -0.1) is 0 Å². The van der Waals surface area contributed by atoms with Gasteiger partial charge in [-0.2, -0.15) is 0 Å². The zero-order chi connectivity index (χ0) is 10.8. The van der Waals surface area contributed by atoms with Crippen LogP contribution in [0.25, 0.3) is 0 Å². The molecule has 0 spiro atoms. The minimum absolute atomic E-state index is 0.0125. The van der Waals surface area contributed by atoms with Gasteiger partial charge in [0.25, 0.3) is 0 Å². The van der Waals surface area contributed by atoms with Crippen molar-refractivity contribution in [2.75, 3.05) is 18.9 Å². The van der Waals surface area contributed by atoms with E-state index >= 15 is 0 Å². The Morgan fingerprint density at radius 3 is 2.80 bits per heavy atom. The van der Waals surface area contributed by atoms with Crippen LogP contribution in [0.1, 0.15) is 10.4 Å². The number of carbonyl (C=O) groups excluding carboxylic acids is 1. The van der Waals surface area contributed by atoms with Gasteiger partial charge in [-0.1, -0.05) is 0 Å². The van der Waals surface area contributed by atoms with Gasteiger partial charge in [0.05, 0.1) is 24.5 Å². The highest BCUT2D eigenvalue weighted by molar-refractivity contribution is 5.90. The van der Waals surface area contributed by atoms with E-state index in [2.05, 4.69) is 0 Å². The second-order valence-electron chi connectivity index (χ2n) is 3.30. The molecule has 0 unspecified atom stereocenters. The first-order valence-corrected chi connectivity index (χ1v) is 4.50. The SMILES string of the molecule is Nc1ccc(C(=O)OC2COC2)cc1F. The quantitative estimate of drug-likeness (QED) is 0.584. The Kier molecular flexibility index (Phi) is 2.55. The number of esters is 1. The average Bonchev–Trinajstić information content (AvgIpc) is 2.15. The van der Waals surface area contributed by atoms with Gasteiger partial charge >= 0.3 is 5.97 Å². The standard InChI is InChI=1S/C10H10FNO3/c11-8-3-6(1-2-9(8)12)10(13)15-7-4-14-5-7/h1-3,7H,4-5,12H2. The van der Waals surface area contributed by atoms with Gasteiger partial charge < -0.3 is 15.2 Å². The van der Waals surface area contributed by atoms with Gasteiger partial charge in [-0.25, -0.2) is 9.18 Å². The minimum Gasteiger partial charge on any atom is -0.454 e. The number of nitrogen functional groups attached to an aromatic ring is 1. The predicted molar refractivity (Wildman–Crippen MR) is 50.8 cm³/mol. The normalized spacial score (nSPS) is 15.8. The van der Waals surface area contributed by atoms with Crippen LogP contribution in [0.4, 0.5) is 10.1 Å². The van der Waals surface area contributed by atoms with Crippen LogP contribution in [0.15, 0.2) is 18.2 Å². The number of nitrogens with two attached hydrogens (primary N) is 1. The lowest BCUT2D eigenvalue weighted by atomic mass is 10.2. The highest BCUT2D eigenvalue weighted by atomic mass is 19.1. The molecule has 0 amide bonds. The Morgan fingerprint density at radius 2 is 2.27 bits per heavy atom. The lowest BCUT2D eigenvalue weighted by Crippen LogP contribution is -2.37. The molecule has 1 fully saturated rings. The Labute approximate surface area is 85.8 Å². The maximum Gasteiger partial charge on any atom is 0.338 e. The molecule has 0 saturated carbocycles. The van der Waals surface area contributed by atoms with Gasteiger partial charge in [-0.3, -0.25) is 0 Å². The number of ether oxygens (including phenoxy) is 2. The summed E-state index contributed by atoms with van der Waals surface area (Å²) in [7, 11) is 0. The fourth-order valence-corrected chi connectivity index (χ4v) is 1.16. The number of halogens is 1. The molecule has 0 aromatic heterocycles. The maximum atomic E-state index is 13.0. The van der Waals surface area contributed by atoms with Crippen LogP contribution >= 0.6 is 0 Å². The predicted octanol–water partition coefficient (Wildman–Crippen LogP) is 0.964. The molecule has 80 valence electrons. The lowest BCUT2D eigenvalue weighted by molar-refractivity contribution is -0.103. The lowest BCUT2D eigenvalue weighted by Gasteiger charge is -2.25. The molecule has 1 aromatic carbocycles.